The molecule has 2 atom stereocenters. The Morgan fingerprint density at radius 3 is 1.92 bits per heavy atom. The van der Waals surface area contributed by atoms with E-state index < -0.39 is 41.9 Å². The van der Waals surface area contributed by atoms with Gasteiger partial charge in [0.2, 0.25) is 5.91 Å². The molecule has 1 saturated heterocycles. The van der Waals surface area contributed by atoms with Crippen molar-refractivity contribution in [1.29, 1.82) is 0 Å². The number of carboxylic acids is 1. The molecule has 190 valence electrons. The Bertz CT molecular complexity index is 1280. The second-order valence-corrected chi connectivity index (χ2v) is 9.21. The van der Waals surface area contributed by atoms with E-state index in [1.807, 2.05) is 42.5 Å². The van der Waals surface area contributed by atoms with Crippen molar-refractivity contribution >= 4 is 23.8 Å². The molecule has 1 fully saturated rings. The van der Waals surface area contributed by atoms with E-state index in [2.05, 4.69) is 0 Å². The summed E-state index contributed by atoms with van der Waals surface area (Å²) in [5.41, 5.74) is 0.864. The van der Waals surface area contributed by atoms with Crippen molar-refractivity contribution < 1.29 is 24.3 Å². The highest BCUT2D eigenvalue weighted by Crippen LogP contribution is 2.38. The number of hydrogen-bond donors (Lipinski definition) is 1. The number of benzene rings is 3. The summed E-state index contributed by atoms with van der Waals surface area (Å²) in [4.78, 5) is 56.3. The molecule has 0 spiro atoms. The first kappa shape index (κ1) is 25.6. The molecule has 0 saturated carbocycles. The average Bonchev–Trinajstić information content (AvgIpc) is 3.09. The summed E-state index contributed by atoms with van der Waals surface area (Å²) in [7, 11) is 0. The normalized spacial score (nSPS) is 18.1. The third-order valence-electron chi connectivity index (χ3n) is 6.82. The van der Waals surface area contributed by atoms with Crippen LogP contribution in [0.5, 0.6) is 0 Å². The van der Waals surface area contributed by atoms with Crippen molar-refractivity contribution in [3.63, 3.8) is 0 Å². The van der Waals surface area contributed by atoms with Crippen molar-refractivity contribution in [2.24, 2.45) is 0 Å². The maximum Gasteiger partial charge on any atom is 0.328 e. The minimum Gasteiger partial charge on any atom is -0.480 e. The van der Waals surface area contributed by atoms with Gasteiger partial charge in [-0.1, -0.05) is 91.0 Å². The number of carbonyl (C=O) groups is 4. The molecule has 3 aromatic rings. The van der Waals surface area contributed by atoms with Gasteiger partial charge in [-0.2, -0.15) is 0 Å². The van der Waals surface area contributed by atoms with Crippen molar-refractivity contribution in [3.8, 4) is 0 Å². The molecule has 1 heterocycles. The van der Waals surface area contributed by atoms with Gasteiger partial charge in [-0.15, -0.1) is 0 Å². The van der Waals surface area contributed by atoms with Crippen molar-refractivity contribution in [2.75, 3.05) is 6.54 Å². The summed E-state index contributed by atoms with van der Waals surface area (Å²) in [6.07, 6.45) is 0. The van der Waals surface area contributed by atoms with Gasteiger partial charge >= 0.3 is 12.0 Å². The first-order valence-electron chi connectivity index (χ1n) is 12.0. The predicted molar refractivity (Wildman–Crippen MR) is 137 cm³/mol. The Labute approximate surface area is 215 Å². The molecule has 0 bridgehead atoms. The SMILES string of the molecule is CC(C(=O)O)N(Cc1ccccc1)C(=O)CN1C(=O)N(Cc2ccccc2)C(C)(c2ccccc2)C1=O. The number of rotatable bonds is 9. The molecule has 37 heavy (non-hydrogen) atoms. The molecule has 8 heteroatoms. The molecule has 1 aliphatic heterocycles. The number of imide groups is 1. The maximum atomic E-state index is 13.8. The fourth-order valence-corrected chi connectivity index (χ4v) is 4.56. The van der Waals surface area contributed by atoms with Gasteiger partial charge in [-0.3, -0.25) is 14.5 Å². The zero-order valence-corrected chi connectivity index (χ0v) is 20.8. The number of carbonyl (C=O) groups excluding carboxylic acids is 3. The number of aliphatic carboxylic acids is 1. The van der Waals surface area contributed by atoms with E-state index in [1.54, 1.807) is 55.5 Å². The van der Waals surface area contributed by atoms with Crippen LogP contribution in [0.3, 0.4) is 0 Å². The molecule has 2 unspecified atom stereocenters. The topological polar surface area (TPSA) is 98.2 Å². The van der Waals surface area contributed by atoms with Crippen LogP contribution in [0.1, 0.15) is 30.5 Å². The van der Waals surface area contributed by atoms with Crippen LogP contribution in [0, 0.1) is 0 Å². The number of urea groups is 1. The van der Waals surface area contributed by atoms with Crippen molar-refractivity contribution in [2.45, 2.75) is 38.5 Å². The lowest BCUT2D eigenvalue weighted by Gasteiger charge is -2.32. The summed E-state index contributed by atoms with van der Waals surface area (Å²) in [5, 5.41) is 9.63. The molecule has 3 aromatic carbocycles. The lowest BCUT2D eigenvalue weighted by atomic mass is 9.90. The van der Waals surface area contributed by atoms with E-state index >= 15 is 0 Å². The third kappa shape index (κ3) is 5.09. The first-order valence-corrected chi connectivity index (χ1v) is 12.0. The third-order valence-corrected chi connectivity index (χ3v) is 6.82. The van der Waals surface area contributed by atoms with Crippen molar-refractivity contribution in [1.82, 2.24) is 14.7 Å². The lowest BCUT2D eigenvalue weighted by molar-refractivity contribution is -0.151. The zero-order valence-electron chi connectivity index (χ0n) is 20.8. The second-order valence-electron chi connectivity index (χ2n) is 9.21. The monoisotopic (exact) mass is 499 g/mol. The van der Waals surface area contributed by atoms with E-state index in [0.29, 0.717) is 5.56 Å². The van der Waals surface area contributed by atoms with Crippen LogP contribution in [-0.2, 0) is 33.0 Å². The van der Waals surface area contributed by atoms with Crippen LogP contribution in [-0.4, -0.2) is 56.2 Å². The van der Waals surface area contributed by atoms with E-state index in [0.717, 1.165) is 16.0 Å². The summed E-state index contributed by atoms with van der Waals surface area (Å²) < 4.78 is 0. The Morgan fingerprint density at radius 2 is 1.38 bits per heavy atom. The second kappa shape index (κ2) is 10.7. The highest BCUT2D eigenvalue weighted by Gasteiger charge is 2.55. The summed E-state index contributed by atoms with van der Waals surface area (Å²) >= 11 is 0. The lowest BCUT2D eigenvalue weighted by Crippen LogP contribution is -2.49. The van der Waals surface area contributed by atoms with E-state index in [4.69, 9.17) is 0 Å². The highest BCUT2D eigenvalue weighted by atomic mass is 16.4. The first-order chi connectivity index (χ1) is 17.7. The van der Waals surface area contributed by atoms with E-state index in [9.17, 15) is 24.3 Å². The number of nitrogens with zero attached hydrogens (tertiary/aromatic N) is 3. The number of carboxylic acid groups (broad SMARTS) is 1. The summed E-state index contributed by atoms with van der Waals surface area (Å²) in [6, 6.07) is 25.5. The van der Waals surface area contributed by atoms with Crippen LogP contribution in [0.25, 0.3) is 0 Å². The van der Waals surface area contributed by atoms with Gasteiger partial charge in [0, 0.05) is 13.1 Å². The molecular formula is C29H29N3O5. The maximum absolute atomic E-state index is 13.8. The van der Waals surface area contributed by atoms with Crippen LogP contribution >= 0.6 is 0 Å². The Morgan fingerprint density at radius 1 is 0.865 bits per heavy atom. The number of amides is 4. The van der Waals surface area contributed by atoms with Gasteiger partial charge in [0.15, 0.2) is 0 Å². The Kier molecular flexibility index (Phi) is 7.38. The summed E-state index contributed by atoms with van der Waals surface area (Å²) in [6.45, 7) is 2.73. The molecule has 0 aliphatic carbocycles. The van der Waals surface area contributed by atoms with Crippen molar-refractivity contribution in [3.05, 3.63) is 108 Å². The average molecular weight is 500 g/mol. The zero-order chi connectivity index (χ0) is 26.6. The fourth-order valence-electron chi connectivity index (χ4n) is 4.56. The molecule has 0 aromatic heterocycles. The van der Waals surface area contributed by atoms with E-state index in [1.165, 1.54) is 16.7 Å². The molecule has 0 radical (unpaired) electrons. The van der Waals surface area contributed by atoms with Gasteiger partial charge in [-0.05, 0) is 30.5 Å². The molecule has 8 nitrogen and oxygen atoms in total. The Balaban J connectivity index is 1.66. The largest absolute Gasteiger partial charge is 0.480 e. The van der Waals surface area contributed by atoms with E-state index in [-0.39, 0.29) is 13.1 Å². The molecule has 1 aliphatic rings. The fraction of sp³-hybridized carbons (Fsp3) is 0.241. The minimum absolute atomic E-state index is 0.0348. The van der Waals surface area contributed by atoms with Crippen LogP contribution in [0.4, 0.5) is 4.79 Å². The van der Waals surface area contributed by atoms with Gasteiger partial charge in [0.25, 0.3) is 5.91 Å². The van der Waals surface area contributed by atoms with Crippen LogP contribution in [0.15, 0.2) is 91.0 Å². The van der Waals surface area contributed by atoms with Gasteiger partial charge < -0.3 is 14.9 Å². The van der Waals surface area contributed by atoms with Gasteiger partial charge in [0.1, 0.15) is 18.1 Å². The summed E-state index contributed by atoms with van der Waals surface area (Å²) in [5.74, 6) is -2.34. The minimum atomic E-state index is -1.34. The molecule has 4 amide bonds. The standard InChI is InChI=1S/C29H29N3O5/c1-21(26(34)35)30(18-22-12-6-3-7-13-22)25(33)20-31-27(36)29(2,24-16-10-5-11-17-24)32(28(31)37)19-23-14-8-4-9-15-23/h3-17,21H,18-20H2,1-2H3,(H,34,35). The van der Waals surface area contributed by atoms with Crippen LogP contribution in [0.2, 0.25) is 0 Å². The van der Waals surface area contributed by atoms with Crippen LogP contribution < -0.4 is 0 Å². The van der Waals surface area contributed by atoms with Gasteiger partial charge in [0.05, 0.1) is 0 Å². The van der Waals surface area contributed by atoms with Gasteiger partial charge in [-0.25, -0.2) is 9.59 Å². The Hall–Kier alpha value is -4.46. The number of hydrogen-bond acceptors (Lipinski definition) is 4. The quantitative estimate of drug-likeness (QED) is 0.451. The molecule has 1 N–H and O–H groups in total. The highest BCUT2D eigenvalue weighted by molar-refractivity contribution is 6.09. The molecular weight excluding hydrogens is 470 g/mol. The smallest absolute Gasteiger partial charge is 0.328 e. The molecule has 4 rings (SSSR count). The predicted octanol–water partition coefficient (Wildman–Crippen LogP) is 3.87.